The van der Waals surface area contributed by atoms with Gasteiger partial charge in [0, 0.05) is 18.9 Å². The van der Waals surface area contributed by atoms with Gasteiger partial charge in [-0.25, -0.2) is 0 Å². The highest BCUT2D eigenvalue weighted by Gasteiger charge is 2.10. The standard InChI is InChI=1S/C21H38OS/c22-18-14-20-23-19-13-9-7-5-3-1-2-4-6-8-10-15-21-16-11-12-17-21/h21-22H,1-9,11-14,16-20H2. The van der Waals surface area contributed by atoms with E-state index in [4.69, 9.17) is 5.11 Å². The van der Waals surface area contributed by atoms with E-state index in [1.165, 1.54) is 89.2 Å². The van der Waals surface area contributed by atoms with Gasteiger partial charge in [0.15, 0.2) is 0 Å². The van der Waals surface area contributed by atoms with Gasteiger partial charge in [0.1, 0.15) is 0 Å². The van der Waals surface area contributed by atoms with Crippen molar-refractivity contribution in [3.05, 3.63) is 0 Å². The minimum atomic E-state index is 0.347. The molecule has 1 nitrogen and oxygen atoms in total. The predicted molar refractivity (Wildman–Crippen MR) is 105 cm³/mol. The summed E-state index contributed by atoms with van der Waals surface area (Å²) in [4.78, 5) is 0. The van der Waals surface area contributed by atoms with E-state index in [1.807, 2.05) is 11.8 Å². The zero-order valence-corrected chi connectivity index (χ0v) is 16.0. The molecule has 0 saturated heterocycles. The first-order chi connectivity index (χ1) is 11.4. The molecule has 2 heteroatoms. The third-order valence-corrected chi connectivity index (χ3v) is 5.85. The Morgan fingerprint density at radius 1 is 0.739 bits per heavy atom. The van der Waals surface area contributed by atoms with Gasteiger partial charge in [0.25, 0.3) is 0 Å². The van der Waals surface area contributed by atoms with Crippen LogP contribution in [0.2, 0.25) is 0 Å². The average molecular weight is 339 g/mol. The van der Waals surface area contributed by atoms with E-state index in [0.29, 0.717) is 6.61 Å². The summed E-state index contributed by atoms with van der Waals surface area (Å²) in [6.07, 6.45) is 20.1. The Bertz CT molecular complexity index is 299. The molecule has 0 radical (unpaired) electrons. The van der Waals surface area contributed by atoms with Crippen LogP contribution in [0.15, 0.2) is 0 Å². The summed E-state index contributed by atoms with van der Waals surface area (Å²) in [6.45, 7) is 0.347. The highest BCUT2D eigenvalue weighted by Crippen LogP contribution is 2.23. The first-order valence-corrected chi connectivity index (χ1v) is 11.3. The molecule has 1 aliphatic rings. The minimum absolute atomic E-state index is 0.347. The van der Waals surface area contributed by atoms with Crippen molar-refractivity contribution in [1.29, 1.82) is 0 Å². The smallest absolute Gasteiger partial charge is 0.0438 e. The van der Waals surface area contributed by atoms with Gasteiger partial charge in [0.2, 0.25) is 0 Å². The molecule has 0 aliphatic heterocycles. The third-order valence-electron chi connectivity index (χ3n) is 4.70. The predicted octanol–water partition coefficient (Wildman–Crippen LogP) is 6.20. The van der Waals surface area contributed by atoms with E-state index >= 15 is 0 Å². The van der Waals surface area contributed by atoms with E-state index in [-0.39, 0.29) is 0 Å². The van der Waals surface area contributed by atoms with Crippen molar-refractivity contribution in [3.63, 3.8) is 0 Å². The third kappa shape index (κ3) is 14.0. The molecule has 1 N–H and O–H groups in total. The molecular formula is C21H38OS. The van der Waals surface area contributed by atoms with E-state index in [9.17, 15) is 0 Å². The van der Waals surface area contributed by atoms with Crippen molar-refractivity contribution >= 4 is 11.8 Å². The van der Waals surface area contributed by atoms with Crippen molar-refractivity contribution in [2.75, 3.05) is 18.1 Å². The second-order valence-electron chi connectivity index (χ2n) is 6.92. The summed E-state index contributed by atoms with van der Waals surface area (Å²) in [6, 6.07) is 0. The summed E-state index contributed by atoms with van der Waals surface area (Å²) < 4.78 is 0. The van der Waals surface area contributed by atoms with Gasteiger partial charge in [-0.15, -0.1) is 5.92 Å². The quantitative estimate of drug-likeness (QED) is 0.301. The molecular weight excluding hydrogens is 300 g/mol. The normalized spacial score (nSPS) is 14.8. The topological polar surface area (TPSA) is 20.2 Å². The number of thioether (sulfide) groups is 1. The number of hydrogen-bond acceptors (Lipinski definition) is 2. The van der Waals surface area contributed by atoms with E-state index < -0.39 is 0 Å². The lowest BCUT2D eigenvalue weighted by Crippen LogP contribution is -1.88. The minimum Gasteiger partial charge on any atom is -0.396 e. The van der Waals surface area contributed by atoms with Gasteiger partial charge in [-0.3, -0.25) is 0 Å². The molecule has 1 fully saturated rings. The van der Waals surface area contributed by atoms with Crippen molar-refractivity contribution < 1.29 is 5.11 Å². The molecule has 0 aromatic rings. The summed E-state index contributed by atoms with van der Waals surface area (Å²) in [5.41, 5.74) is 0. The van der Waals surface area contributed by atoms with Crippen LogP contribution in [0.3, 0.4) is 0 Å². The van der Waals surface area contributed by atoms with E-state index in [1.54, 1.807) is 0 Å². The maximum absolute atomic E-state index is 8.69. The molecule has 0 amide bonds. The fourth-order valence-electron chi connectivity index (χ4n) is 3.21. The van der Waals surface area contributed by atoms with Crippen LogP contribution in [0.25, 0.3) is 0 Å². The van der Waals surface area contributed by atoms with Gasteiger partial charge in [-0.05, 0) is 43.6 Å². The first kappa shape index (κ1) is 20.9. The Morgan fingerprint density at radius 2 is 1.30 bits per heavy atom. The molecule has 0 aromatic carbocycles. The monoisotopic (exact) mass is 338 g/mol. The molecule has 1 rings (SSSR count). The van der Waals surface area contributed by atoms with Crippen LogP contribution in [0.4, 0.5) is 0 Å². The molecule has 0 bridgehead atoms. The maximum Gasteiger partial charge on any atom is 0.0438 e. The molecule has 1 saturated carbocycles. The highest BCUT2D eigenvalue weighted by atomic mass is 32.2. The summed E-state index contributed by atoms with van der Waals surface area (Å²) in [7, 11) is 0. The summed E-state index contributed by atoms with van der Waals surface area (Å²) in [5.74, 6) is 10.0. The SMILES string of the molecule is OCCCSCCCCCCCCCCCC#CC1CCCC1. The Kier molecular flexibility index (Phi) is 15.2. The van der Waals surface area contributed by atoms with Crippen LogP contribution in [-0.2, 0) is 0 Å². The Balaban J connectivity index is 1.70. The van der Waals surface area contributed by atoms with Crippen molar-refractivity contribution in [2.45, 2.75) is 96.3 Å². The van der Waals surface area contributed by atoms with Crippen LogP contribution < -0.4 is 0 Å². The van der Waals surface area contributed by atoms with Gasteiger partial charge >= 0.3 is 0 Å². The Morgan fingerprint density at radius 3 is 1.96 bits per heavy atom. The zero-order chi connectivity index (χ0) is 16.4. The Hall–Kier alpha value is -0.130. The fraction of sp³-hybridized carbons (Fsp3) is 0.905. The first-order valence-electron chi connectivity index (χ1n) is 10.1. The number of hydrogen-bond donors (Lipinski definition) is 1. The van der Waals surface area contributed by atoms with Crippen LogP contribution in [0.1, 0.15) is 96.3 Å². The van der Waals surface area contributed by atoms with Crippen LogP contribution in [-0.4, -0.2) is 23.2 Å². The molecule has 0 atom stereocenters. The highest BCUT2D eigenvalue weighted by molar-refractivity contribution is 7.99. The molecule has 0 unspecified atom stereocenters. The molecule has 0 aromatic heterocycles. The number of aliphatic hydroxyl groups excluding tert-OH is 1. The zero-order valence-electron chi connectivity index (χ0n) is 15.2. The molecule has 23 heavy (non-hydrogen) atoms. The van der Waals surface area contributed by atoms with Gasteiger partial charge in [-0.1, -0.05) is 63.7 Å². The lowest BCUT2D eigenvalue weighted by molar-refractivity contribution is 0.296. The number of rotatable bonds is 14. The molecule has 134 valence electrons. The van der Waals surface area contributed by atoms with E-state index in [2.05, 4.69) is 11.8 Å². The summed E-state index contributed by atoms with van der Waals surface area (Å²) in [5, 5.41) is 8.69. The number of unbranched alkanes of at least 4 members (excludes halogenated alkanes) is 9. The molecule has 0 spiro atoms. The van der Waals surface area contributed by atoms with Crippen LogP contribution in [0.5, 0.6) is 0 Å². The maximum atomic E-state index is 8.69. The molecule has 0 heterocycles. The van der Waals surface area contributed by atoms with Gasteiger partial charge in [-0.2, -0.15) is 11.8 Å². The van der Waals surface area contributed by atoms with Crippen molar-refractivity contribution in [3.8, 4) is 11.8 Å². The fourth-order valence-corrected chi connectivity index (χ4v) is 4.16. The summed E-state index contributed by atoms with van der Waals surface area (Å²) >= 11 is 2.00. The molecule has 1 aliphatic carbocycles. The lowest BCUT2D eigenvalue weighted by atomic mass is 10.1. The van der Waals surface area contributed by atoms with Crippen molar-refractivity contribution in [2.24, 2.45) is 5.92 Å². The largest absolute Gasteiger partial charge is 0.396 e. The Labute approximate surface area is 149 Å². The second-order valence-corrected chi connectivity index (χ2v) is 8.15. The van der Waals surface area contributed by atoms with E-state index in [0.717, 1.165) is 24.5 Å². The van der Waals surface area contributed by atoms with Crippen LogP contribution >= 0.6 is 11.8 Å². The number of aliphatic hydroxyl groups is 1. The van der Waals surface area contributed by atoms with Crippen molar-refractivity contribution in [1.82, 2.24) is 0 Å². The van der Waals surface area contributed by atoms with Crippen LogP contribution in [0, 0.1) is 17.8 Å². The van der Waals surface area contributed by atoms with Gasteiger partial charge < -0.3 is 5.11 Å². The lowest BCUT2D eigenvalue weighted by Gasteiger charge is -2.02. The average Bonchev–Trinajstić information content (AvgIpc) is 3.08. The van der Waals surface area contributed by atoms with Gasteiger partial charge in [0.05, 0.1) is 0 Å². The second kappa shape index (κ2) is 16.7.